The molecule has 4 N–H and O–H groups in total. The monoisotopic (exact) mass is 434 g/mol. The van der Waals surface area contributed by atoms with Gasteiger partial charge >= 0.3 is 0 Å². The van der Waals surface area contributed by atoms with Crippen LogP contribution in [-0.4, -0.2) is 12.4 Å². The van der Waals surface area contributed by atoms with Crippen molar-refractivity contribution in [1.82, 2.24) is 0 Å². The van der Waals surface area contributed by atoms with Gasteiger partial charge in [-0.3, -0.25) is 9.98 Å². The molecule has 6 nitrogen and oxygen atoms in total. The van der Waals surface area contributed by atoms with E-state index in [0.29, 0.717) is 11.4 Å². The summed E-state index contributed by atoms with van der Waals surface area (Å²) in [4.78, 5) is 9.40. The van der Waals surface area contributed by atoms with E-state index in [1.54, 1.807) is 36.7 Å². The Bertz CT molecular complexity index is 1190. The summed E-state index contributed by atoms with van der Waals surface area (Å²) in [5.41, 5.74) is 13.9. The van der Waals surface area contributed by atoms with Crippen LogP contribution in [0.15, 0.2) is 107 Å². The number of anilines is 2. The third-order valence-electron chi connectivity index (χ3n) is 5.33. The maximum atomic E-state index is 5.91. The van der Waals surface area contributed by atoms with Crippen molar-refractivity contribution in [2.75, 3.05) is 11.5 Å². The molecular formula is C27H22N4O2. The zero-order valence-corrected chi connectivity index (χ0v) is 17.8. The molecule has 1 aliphatic rings. The average molecular weight is 434 g/mol. The highest BCUT2D eigenvalue weighted by atomic mass is 16.5. The number of nitrogens with zero attached hydrogens (tertiary/aromatic N) is 2. The van der Waals surface area contributed by atoms with Gasteiger partial charge in [0.25, 0.3) is 0 Å². The van der Waals surface area contributed by atoms with E-state index in [2.05, 4.69) is 0 Å². The molecule has 0 bridgehead atoms. The molecule has 0 aliphatic carbocycles. The van der Waals surface area contributed by atoms with Crippen molar-refractivity contribution in [3.63, 3.8) is 0 Å². The van der Waals surface area contributed by atoms with Gasteiger partial charge in [0.2, 0.25) is 5.66 Å². The Labute approximate surface area is 191 Å². The van der Waals surface area contributed by atoms with E-state index in [9.17, 15) is 0 Å². The SMILES string of the molecule is Nc1ccc(Oc2ccc(C3(c4ccc(Oc5ccc(N)cc5)cc4)N=CC=N3)cc2)cc1. The van der Waals surface area contributed by atoms with Crippen LogP contribution in [0.5, 0.6) is 23.0 Å². The van der Waals surface area contributed by atoms with Crippen LogP contribution in [0, 0.1) is 0 Å². The molecule has 0 amide bonds. The number of nitrogen functional groups attached to an aromatic ring is 2. The van der Waals surface area contributed by atoms with Gasteiger partial charge in [-0.15, -0.1) is 0 Å². The molecule has 0 aromatic heterocycles. The van der Waals surface area contributed by atoms with Gasteiger partial charge in [-0.1, -0.05) is 24.3 Å². The van der Waals surface area contributed by atoms with E-state index < -0.39 is 5.66 Å². The van der Waals surface area contributed by atoms with E-state index in [1.807, 2.05) is 72.8 Å². The van der Waals surface area contributed by atoms with Crippen LogP contribution in [0.2, 0.25) is 0 Å². The summed E-state index contributed by atoms with van der Waals surface area (Å²) < 4.78 is 11.8. The maximum Gasteiger partial charge on any atom is 0.201 e. The van der Waals surface area contributed by atoms with Crippen LogP contribution in [0.25, 0.3) is 0 Å². The second-order valence-corrected chi connectivity index (χ2v) is 7.62. The van der Waals surface area contributed by atoms with Crippen molar-refractivity contribution in [3.05, 3.63) is 108 Å². The molecule has 4 aromatic rings. The molecule has 1 aliphatic heterocycles. The van der Waals surface area contributed by atoms with Gasteiger partial charge in [0.15, 0.2) is 0 Å². The molecule has 1 heterocycles. The van der Waals surface area contributed by atoms with Gasteiger partial charge in [0.1, 0.15) is 23.0 Å². The van der Waals surface area contributed by atoms with Crippen molar-refractivity contribution in [2.24, 2.45) is 9.98 Å². The van der Waals surface area contributed by atoms with Crippen LogP contribution in [-0.2, 0) is 5.66 Å². The molecular weight excluding hydrogens is 412 g/mol. The molecule has 5 rings (SSSR count). The van der Waals surface area contributed by atoms with Crippen molar-refractivity contribution in [3.8, 4) is 23.0 Å². The third kappa shape index (κ3) is 4.27. The fourth-order valence-electron chi connectivity index (χ4n) is 3.64. The minimum Gasteiger partial charge on any atom is -0.457 e. The second kappa shape index (κ2) is 8.51. The molecule has 0 unspecified atom stereocenters. The summed E-state index contributed by atoms with van der Waals surface area (Å²) in [6.07, 6.45) is 3.44. The number of benzene rings is 4. The van der Waals surface area contributed by atoms with Crippen molar-refractivity contribution < 1.29 is 9.47 Å². The lowest BCUT2D eigenvalue weighted by Crippen LogP contribution is -2.20. The number of aliphatic imine (C=N–C) groups is 2. The van der Waals surface area contributed by atoms with E-state index in [0.717, 1.165) is 34.1 Å². The van der Waals surface area contributed by atoms with Crippen LogP contribution < -0.4 is 20.9 Å². The summed E-state index contributed by atoms with van der Waals surface area (Å²) in [5.74, 6) is 2.88. The Balaban J connectivity index is 1.37. The second-order valence-electron chi connectivity index (χ2n) is 7.62. The highest BCUT2D eigenvalue weighted by molar-refractivity contribution is 6.18. The number of rotatable bonds is 6. The van der Waals surface area contributed by atoms with Crippen LogP contribution in [0.4, 0.5) is 11.4 Å². The highest BCUT2D eigenvalue weighted by Crippen LogP contribution is 2.39. The van der Waals surface area contributed by atoms with E-state index >= 15 is 0 Å². The predicted octanol–water partition coefficient (Wildman–Crippen LogP) is 5.79. The minimum absolute atomic E-state index is 0.696. The van der Waals surface area contributed by atoms with Gasteiger partial charge in [-0.05, 0) is 72.8 Å². The Hall–Kier alpha value is -4.58. The Morgan fingerprint density at radius 2 is 0.758 bits per heavy atom. The first-order chi connectivity index (χ1) is 16.1. The maximum absolute atomic E-state index is 5.91. The first-order valence-corrected chi connectivity index (χ1v) is 10.5. The summed E-state index contributed by atoms with van der Waals surface area (Å²) in [6.45, 7) is 0. The normalized spacial score (nSPS) is 13.7. The smallest absolute Gasteiger partial charge is 0.201 e. The topological polar surface area (TPSA) is 95.2 Å². The van der Waals surface area contributed by atoms with Crippen molar-refractivity contribution in [2.45, 2.75) is 5.66 Å². The third-order valence-corrected chi connectivity index (χ3v) is 5.33. The summed E-state index contributed by atoms with van der Waals surface area (Å²) in [7, 11) is 0. The van der Waals surface area contributed by atoms with Crippen LogP contribution >= 0.6 is 0 Å². The first kappa shape index (κ1) is 20.3. The molecule has 0 radical (unpaired) electrons. The number of nitrogens with two attached hydrogens (primary N) is 2. The molecule has 6 heteroatoms. The molecule has 162 valence electrons. The van der Waals surface area contributed by atoms with E-state index in [-0.39, 0.29) is 0 Å². The molecule has 0 fully saturated rings. The van der Waals surface area contributed by atoms with Gasteiger partial charge in [0.05, 0.1) is 0 Å². The zero-order valence-electron chi connectivity index (χ0n) is 17.8. The largest absolute Gasteiger partial charge is 0.457 e. The molecule has 0 spiro atoms. The summed E-state index contributed by atoms with van der Waals surface area (Å²) in [5, 5.41) is 0. The number of hydrogen-bond acceptors (Lipinski definition) is 6. The van der Waals surface area contributed by atoms with Gasteiger partial charge < -0.3 is 20.9 Å². The lowest BCUT2D eigenvalue weighted by Gasteiger charge is -2.24. The first-order valence-electron chi connectivity index (χ1n) is 10.5. The zero-order chi connectivity index (χ0) is 22.7. The summed E-state index contributed by atoms with van der Waals surface area (Å²) >= 11 is 0. The standard InChI is InChI=1S/C27H22N4O2/c28-21-5-13-25(14-6-21)32-23-9-1-19(2-10-23)27(30-17-18-31-27)20-3-11-24(12-4-20)33-26-15-7-22(29)8-16-26/h1-18H,28-29H2. The van der Waals surface area contributed by atoms with Crippen LogP contribution in [0.3, 0.4) is 0 Å². The van der Waals surface area contributed by atoms with E-state index in [1.165, 1.54) is 0 Å². The quantitative estimate of drug-likeness (QED) is 0.375. The van der Waals surface area contributed by atoms with Crippen molar-refractivity contribution >= 4 is 23.8 Å². The average Bonchev–Trinajstić information content (AvgIpc) is 3.34. The Kier molecular flexibility index (Phi) is 5.24. The molecule has 0 saturated carbocycles. The molecule has 4 aromatic carbocycles. The lowest BCUT2D eigenvalue weighted by molar-refractivity contribution is 0.480. The minimum atomic E-state index is -0.834. The van der Waals surface area contributed by atoms with Crippen LogP contribution in [0.1, 0.15) is 11.1 Å². The van der Waals surface area contributed by atoms with Gasteiger partial charge in [-0.2, -0.15) is 0 Å². The van der Waals surface area contributed by atoms with Gasteiger partial charge in [0, 0.05) is 34.9 Å². The highest BCUT2D eigenvalue weighted by Gasteiger charge is 2.34. The molecule has 33 heavy (non-hydrogen) atoms. The molecule has 0 atom stereocenters. The Morgan fingerprint density at radius 1 is 0.455 bits per heavy atom. The number of hydrogen-bond donors (Lipinski definition) is 2. The fourth-order valence-corrected chi connectivity index (χ4v) is 3.64. The predicted molar refractivity (Wildman–Crippen MR) is 133 cm³/mol. The summed E-state index contributed by atoms with van der Waals surface area (Å²) in [6, 6.07) is 30.1. The van der Waals surface area contributed by atoms with E-state index in [4.69, 9.17) is 30.9 Å². The lowest BCUT2D eigenvalue weighted by atomic mass is 9.92. The fraction of sp³-hybridized carbons (Fsp3) is 0.0370. The van der Waals surface area contributed by atoms with Gasteiger partial charge in [-0.25, -0.2) is 0 Å². The molecule has 0 saturated heterocycles. The number of ether oxygens (including phenoxy) is 2. The Morgan fingerprint density at radius 3 is 1.09 bits per heavy atom. The van der Waals surface area contributed by atoms with Crippen molar-refractivity contribution in [1.29, 1.82) is 0 Å².